The maximum atomic E-state index is 6.32. The molecule has 5 heteroatoms. The summed E-state index contributed by atoms with van der Waals surface area (Å²) in [6, 6.07) is 63.2. The third-order valence-electron chi connectivity index (χ3n) is 14.1. The standard InChI is InChI=1S/C63H58BN3O/c1-10-18-45(11-2)65(46-19-13-12-14-20-46)49-34-35-52-55(40-49)67(48-32-27-43(28-33-48)62(4,5)6)57-38-41(3)37-56-61(57)64(52)53-39-44(63(7,8)9)29-36-54(53)66(56)47-30-25-42(26-31-47)50-22-17-24-59-60(50)51-21-15-16-23-58(51)68-59/h10-40H,1-9H3/b18-10-,45-11+. The Morgan fingerprint density at radius 1 is 0.544 bits per heavy atom. The third-order valence-corrected chi connectivity index (χ3v) is 14.1. The molecule has 2 aliphatic heterocycles. The van der Waals surface area contributed by atoms with Gasteiger partial charge in [-0.05, 0) is 161 Å². The van der Waals surface area contributed by atoms with E-state index in [1.54, 1.807) is 0 Å². The highest BCUT2D eigenvalue weighted by molar-refractivity contribution is 7.00. The molecule has 8 aromatic carbocycles. The third kappa shape index (κ3) is 7.15. The molecule has 1 aromatic heterocycles. The highest BCUT2D eigenvalue weighted by Gasteiger charge is 2.44. The van der Waals surface area contributed by atoms with Crippen LogP contribution in [0, 0.1) is 6.92 Å². The van der Waals surface area contributed by atoms with Crippen molar-refractivity contribution in [2.24, 2.45) is 0 Å². The molecule has 0 amide bonds. The lowest BCUT2D eigenvalue weighted by molar-refractivity contribution is 0.590. The van der Waals surface area contributed by atoms with E-state index in [9.17, 15) is 0 Å². The van der Waals surface area contributed by atoms with Crippen molar-refractivity contribution in [3.8, 4) is 11.1 Å². The number of rotatable bonds is 7. The van der Waals surface area contributed by atoms with Gasteiger partial charge in [0.1, 0.15) is 11.2 Å². The van der Waals surface area contributed by atoms with Crippen LogP contribution in [0.5, 0.6) is 0 Å². The molecule has 0 fully saturated rings. The molecule has 3 heterocycles. The Balaban J connectivity index is 1.15. The van der Waals surface area contributed by atoms with E-state index in [0.717, 1.165) is 55.9 Å². The molecule has 0 saturated heterocycles. The van der Waals surface area contributed by atoms with E-state index in [1.807, 2.05) is 6.07 Å². The normalized spacial score (nSPS) is 13.6. The Morgan fingerprint density at radius 2 is 1.18 bits per heavy atom. The number of nitrogens with zero attached hydrogens (tertiary/aromatic N) is 3. The lowest BCUT2D eigenvalue weighted by Crippen LogP contribution is -2.61. The molecule has 2 aliphatic rings. The number of fused-ring (bicyclic) bond motifs is 7. The van der Waals surface area contributed by atoms with Crippen LogP contribution in [0.15, 0.2) is 198 Å². The van der Waals surface area contributed by atoms with Crippen LogP contribution in [0.2, 0.25) is 0 Å². The van der Waals surface area contributed by atoms with Crippen LogP contribution in [0.4, 0.5) is 45.5 Å². The molecular weight excluding hydrogens is 826 g/mol. The van der Waals surface area contributed by atoms with Gasteiger partial charge in [-0.25, -0.2) is 0 Å². The van der Waals surface area contributed by atoms with Crippen molar-refractivity contribution < 1.29 is 4.42 Å². The topological polar surface area (TPSA) is 22.9 Å². The Bertz CT molecular complexity index is 3460. The largest absolute Gasteiger partial charge is 0.456 e. The number of allylic oxidation sites excluding steroid dienone is 3. The quantitative estimate of drug-likeness (QED) is 0.117. The van der Waals surface area contributed by atoms with Gasteiger partial charge in [-0.15, -0.1) is 0 Å². The summed E-state index contributed by atoms with van der Waals surface area (Å²) in [5.41, 5.74) is 22.3. The second kappa shape index (κ2) is 16.4. The number of benzene rings is 8. The van der Waals surface area contributed by atoms with Crippen molar-refractivity contribution in [3.05, 3.63) is 210 Å². The van der Waals surface area contributed by atoms with Crippen LogP contribution in [-0.2, 0) is 10.8 Å². The van der Waals surface area contributed by atoms with Crippen LogP contribution < -0.4 is 31.1 Å². The summed E-state index contributed by atoms with van der Waals surface area (Å²) in [5.74, 6) is 0. The summed E-state index contributed by atoms with van der Waals surface area (Å²) >= 11 is 0. The van der Waals surface area contributed by atoms with Gasteiger partial charge in [0.05, 0.1) is 0 Å². The van der Waals surface area contributed by atoms with Crippen LogP contribution in [-0.4, -0.2) is 6.71 Å². The van der Waals surface area contributed by atoms with Gasteiger partial charge in [-0.1, -0.05) is 145 Å². The number of anilines is 8. The molecule has 0 atom stereocenters. The zero-order valence-electron chi connectivity index (χ0n) is 40.7. The van der Waals surface area contributed by atoms with Crippen molar-refractivity contribution in [1.29, 1.82) is 0 Å². The van der Waals surface area contributed by atoms with E-state index < -0.39 is 0 Å². The molecule has 334 valence electrons. The number of para-hydroxylation sites is 2. The molecule has 9 aromatic rings. The predicted octanol–water partition coefficient (Wildman–Crippen LogP) is 15.9. The van der Waals surface area contributed by atoms with Gasteiger partial charge < -0.3 is 19.1 Å². The highest BCUT2D eigenvalue weighted by atomic mass is 16.3. The summed E-state index contributed by atoms with van der Waals surface area (Å²) in [6.45, 7) is 20.3. The number of furan rings is 1. The average Bonchev–Trinajstić information content (AvgIpc) is 3.72. The van der Waals surface area contributed by atoms with E-state index in [4.69, 9.17) is 4.42 Å². The van der Waals surface area contributed by atoms with Crippen molar-refractivity contribution >= 4 is 90.5 Å². The van der Waals surface area contributed by atoms with E-state index in [0.29, 0.717) is 0 Å². The average molecular weight is 884 g/mol. The zero-order chi connectivity index (χ0) is 47.1. The fourth-order valence-corrected chi connectivity index (χ4v) is 10.7. The summed E-state index contributed by atoms with van der Waals surface area (Å²) < 4.78 is 6.32. The van der Waals surface area contributed by atoms with Crippen LogP contribution in [0.1, 0.15) is 72.1 Å². The Kier molecular flexibility index (Phi) is 10.4. The van der Waals surface area contributed by atoms with Gasteiger partial charge in [-0.2, -0.15) is 0 Å². The monoisotopic (exact) mass is 883 g/mol. The van der Waals surface area contributed by atoms with E-state index in [1.165, 1.54) is 61.4 Å². The number of aryl methyl sites for hydroxylation is 1. The first-order chi connectivity index (χ1) is 32.8. The Morgan fingerprint density at radius 3 is 1.85 bits per heavy atom. The summed E-state index contributed by atoms with van der Waals surface area (Å²) in [6.07, 6.45) is 6.53. The van der Waals surface area contributed by atoms with Gasteiger partial charge in [0, 0.05) is 62.0 Å². The second-order valence-corrected chi connectivity index (χ2v) is 20.6. The first-order valence-corrected chi connectivity index (χ1v) is 24.1. The molecule has 0 bridgehead atoms. The lowest BCUT2D eigenvalue weighted by Gasteiger charge is -2.45. The zero-order valence-corrected chi connectivity index (χ0v) is 40.7. The fraction of sp³-hybridized carbons (Fsp3) is 0.175. The molecule has 0 saturated carbocycles. The Labute approximate surface area is 402 Å². The van der Waals surface area contributed by atoms with Crippen molar-refractivity contribution in [2.75, 3.05) is 14.7 Å². The smallest absolute Gasteiger partial charge is 0.252 e. The van der Waals surface area contributed by atoms with Crippen LogP contribution >= 0.6 is 0 Å². The number of hydrogen-bond acceptors (Lipinski definition) is 4. The molecular formula is C63H58BN3O. The molecule has 68 heavy (non-hydrogen) atoms. The molecule has 0 N–H and O–H groups in total. The molecule has 11 rings (SSSR count). The minimum atomic E-state index is -0.0514. The predicted molar refractivity (Wildman–Crippen MR) is 292 cm³/mol. The van der Waals surface area contributed by atoms with Gasteiger partial charge in [0.2, 0.25) is 0 Å². The van der Waals surface area contributed by atoms with Crippen molar-refractivity contribution in [1.82, 2.24) is 0 Å². The van der Waals surface area contributed by atoms with Gasteiger partial charge in [0.25, 0.3) is 6.71 Å². The fourth-order valence-electron chi connectivity index (χ4n) is 10.7. The van der Waals surface area contributed by atoms with E-state index in [-0.39, 0.29) is 17.5 Å². The maximum absolute atomic E-state index is 6.32. The van der Waals surface area contributed by atoms with Gasteiger partial charge in [0.15, 0.2) is 0 Å². The van der Waals surface area contributed by atoms with Crippen LogP contribution in [0.3, 0.4) is 0 Å². The molecule has 0 spiro atoms. The van der Waals surface area contributed by atoms with Gasteiger partial charge in [-0.3, -0.25) is 0 Å². The SMILES string of the molecule is C/C=C\C(=C/C)N(c1ccccc1)c1ccc2c(c1)N(c1ccc(C(C)(C)C)cc1)c1cc(C)cc3c1B2c1cc(C(C)(C)C)ccc1N3c1ccc(-c2cccc3oc4ccccc4c23)cc1. The molecule has 4 nitrogen and oxygen atoms in total. The van der Waals surface area contributed by atoms with E-state index >= 15 is 0 Å². The molecule has 0 radical (unpaired) electrons. The molecule has 0 aliphatic carbocycles. The minimum Gasteiger partial charge on any atom is -0.456 e. The lowest BCUT2D eigenvalue weighted by atomic mass is 9.33. The first-order valence-electron chi connectivity index (χ1n) is 24.1. The molecule has 0 unspecified atom stereocenters. The summed E-state index contributed by atoms with van der Waals surface area (Å²) in [5, 5.41) is 2.29. The number of hydrogen-bond donors (Lipinski definition) is 0. The van der Waals surface area contributed by atoms with Crippen molar-refractivity contribution in [3.63, 3.8) is 0 Å². The van der Waals surface area contributed by atoms with Crippen molar-refractivity contribution in [2.45, 2.75) is 73.1 Å². The Hall–Kier alpha value is -7.50. The maximum Gasteiger partial charge on any atom is 0.252 e. The summed E-state index contributed by atoms with van der Waals surface area (Å²) in [4.78, 5) is 7.44. The van der Waals surface area contributed by atoms with E-state index in [2.05, 4.69) is 259 Å². The second-order valence-electron chi connectivity index (χ2n) is 20.6. The highest BCUT2D eigenvalue weighted by Crippen LogP contribution is 2.47. The summed E-state index contributed by atoms with van der Waals surface area (Å²) in [7, 11) is 0. The first kappa shape index (κ1) is 43.1. The van der Waals surface area contributed by atoms with Crippen LogP contribution in [0.25, 0.3) is 33.1 Å². The van der Waals surface area contributed by atoms with Gasteiger partial charge >= 0.3 is 0 Å². The minimum absolute atomic E-state index is 0.0172.